The number of amides is 2. The molecule has 8 nitrogen and oxygen atoms in total. The molecule has 2 aromatic rings. The Morgan fingerprint density at radius 2 is 1.97 bits per heavy atom. The summed E-state index contributed by atoms with van der Waals surface area (Å²) in [6.45, 7) is 1.87. The van der Waals surface area contributed by atoms with Gasteiger partial charge in [-0.25, -0.2) is 0 Å². The maximum absolute atomic E-state index is 12.6. The van der Waals surface area contributed by atoms with Crippen LogP contribution in [-0.4, -0.2) is 62.7 Å². The van der Waals surface area contributed by atoms with E-state index in [-0.39, 0.29) is 30.5 Å². The van der Waals surface area contributed by atoms with Crippen LogP contribution < -0.4 is 20.1 Å². The molecule has 0 unspecified atom stereocenters. The normalized spacial score (nSPS) is 22.3. The van der Waals surface area contributed by atoms with E-state index < -0.39 is 0 Å². The van der Waals surface area contributed by atoms with Crippen LogP contribution in [0.2, 0.25) is 0 Å². The average molecular weight is 454 g/mol. The molecule has 5 rings (SSSR count). The summed E-state index contributed by atoms with van der Waals surface area (Å²) in [6.07, 6.45) is 1.45. The molecule has 3 aliphatic heterocycles. The number of likely N-dealkylation sites (N-methyl/N-ethyl adjacent to an activating group) is 1. The van der Waals surface area contributed by atoms with Gasteiger partial charge < -0.3 is 29.7 Å². The Bertz CT molecular complexity index is 996. The van der Waals surface area contributed by atoms with E-state index in [0.717, 1.165) is 24.1 Å². The maximum Gasteiger partial charge on any atom is 0.239 e. The van der Waals surface area contributed by atoms with Crippen LogP contribution in [0.25, 0.3) is 0 Å². The maximum atomic E-state index is 12.6. The van der Waals surface area contributed by atoms with E-state index >= 15 is 0 Å². The fraction of sp³-hybridized carbons (Fsp3) is 0.440. The average Bonchev–Trinajstić information content (AvgIpc) is 2.82. The molecule has 0 radical (unpaired) electrons. The van der Waals surface area contributed by atoms with Crippen molar-refractivity contribution in [2.75, 3.05) is 33.8 Å². The summed E-state index contributed by atoms with van der Waals surface area (Å²) in [5.74, 6) is 1.63. The molecule has 4 bridgehead atoms. The summed E-state index contributed by atoms with van der Waals surface area (Å²) < 4.78 is 17.8. The van der Waals surface area contributed by atoms with Crippen molar-refractivity contribution in [2.45, 2.75) is 38.0 Å². The molecule has 1 fully saturated rings. The molecule has 0 spiro atoms. The number of rotatable bonds is 1. The second-order valence-corrected chi connectivity index (χ2v) is 8.50. The molecule has 2 atom stereocenters. The highest BCUT2D eigenvalue weighted by Crippen LogP contribution is 2.33. The van der Waals surface area contributed by atoms with Crippen LogP contribution in [0.5, 0.6) is 17.2 Å². The molecule has 0 saturated carbocycles. The van der Waals surface area contributed by atoms with E-state index in [0.29, 0.717) is 43.2 Å². The Morgan fingerprint density at radius 1 is 1.09 bits per heavy atom. The lowest BCUT2D eigenvalue weighted by atomic mass is 10.0. The van der Waals surface area contributed by atoms with Gasteiger partial charge >= 0.3 is 0 Å². The summed E-state index contributed by atoms with van der Waals surface area (Å²) in [5, 5.41) is 6.39. The smallest absolute Gasteiger partial charge is 0.239 e. The number of fused-ring (bicyclic) bond motifs is 9. The van der Waals surface area contributed by atoms with Crippen molar-refractivity contribution < 1.29 is 23.8 Å². The first-order valence-corrected chi connectivity index (χ1v) is 11.3. The van der Waals surface area contributed by atoms with Gasteiger partial charge in [-0.1, -0.05) is 18.2 Å². The number of nitrogens with one attached hydrogen (secondary N) is 2. The van der Waals surface area contributed by atoms with Gasteiger partial charge in [-0.05, 0) is 54.8 Å². The number of ether oxygens (including phenoxy) is 3. The van der Waals surface area contributed by atoms with Gasteiger partial charge in [0.15, 0.2) is 11.5 Å². The third-order valence-corrected chi connectivity index (χ3v) is 6.03. The van der Waals surface area contributed by atoms with Crippen molar-refractivity contribution in [3.63, 3.8) is 0 Å². The Morgan fingerprint density at radius 3 is 2.82 bits per heavy atom. The van der Waals surface area contributed by atoms with Gasteiger partial charge in [0.2, 0.25) is 11.8 Å². The summed E-state index contributed by atoms with van der Waals surface area (Å²) in [4.78, 5) is 26.7. The molecule has 2 amide bonds. The Labute approximate surface area is 194 Å². The highest BCUT2D eigenvalue weighted by atomic mass is 16.5. The quantitative estimate of drug-likeness (QED) is 0.689. The van der Waals surface area contributed by atoms with Gasteiger partial charge in [-0.15, -0.1) is 0 Å². The zero-order valence-corrected chi connectivity index (χ0v) is 19.1. The lowest BCUT2D eigenvalue weighted by molar-refractivity contribution is -0.135. The van der Waals surface area contributed by atoms with Crippen LogP contribution in [0.15, 0.2) is 42.5 Å². The molecule has 3 aliphatic rings. The lowest BCUT2D eigenvalue weighted by Gasteiger charge is -2.33. The van der Waals surface area contributed by atoms with Crippen LogP contribution in [0.3, 0.4) is 0 Å². The van der Waals surface area contributed by atoms with E-state index in [4.69, 9.17) is 14.2 Å². The van der Waals surface area contributed by atoms with Gasteiger partial charge in [0.05, 0.1) is 32.4 Å². The Balaban J connectivity index is 1.60. The number of hydrogen-bond acceptors (Lipinski definition) is 6. The molecule has 3 heterocycles. The molecule has 8 heteroatoms. The van der Waals surface area contributed by atoms with Gasteiger partial charge in [0, 0.05) is 20.0 Å². The number of carbonyl (C=O) groups excluding carboxylic acids is 2. The molecule has 0 aromatic heterocycles. The zero-order valence-electron chi connectivity index (χ0n) is 19.1. The number of hydrogen-bond donors (Lipinski definition) is 2. The Kier molecular flexibility index (Phi) is 7.47. The fourth-order valence-corrected chi connectivity index (χ4v) is 4.15. The van der Waals surface area contributed by atoms with E-state index in [9.17, 15) is 9.59 Å². The number of piperidine rings is 1. The predicted molar refractivity (Wildman–Crippen MR) is 123 cm³/mol. The topological polar surface area (TPSA) is 89.1 Å². The van der Waals surface area contributed by atoms with Crippen LogP contribution >= 0.6 is 0 Å². The molecular formula is C25H31N3O5. The van der Waals surface area contributed by atoms with E-state index in [2.05, 4.69) is 10.6 Å². The van der Waals surface area contributed by atoms with Gasteiger partial charge in [-0.3, -0.25) is 9.59 Å². The van der Waals surface area contributed by atoms with Crippen LogP contribution in [0.4, 0.5) is 0 Å². The van der Waals surface area contributed by atoms with E-state index in [1.54, 1.807) is 14.2 Å². The van der Waals surface area contributed by atoms with Gasteiger partial charge in [-0.2, -0.15) is 0 Å². The van der Waals surface area contributed by atoms with Crippen molar-refractivity contribution in [3.8, 4) is 17.2 Å². The SMILES string of the molecule is COc1cc2ccc1Oc1cccc(c1)CO[C@H]1CNCC[C@@H]1NC(=O)CN(C)C(=O)CC2. The third kappa shape index (κ3) is 6.03. The first-order valence-electron chi connectivity index (χ1n) is 11.3. The van der Waals surface area contributed by atoms with Crippen molar-refractivity contribution in [3.05, 3.63) is 53.6 Å². The molecule has 0 aliphatic carbocycles. The summed E-state index contributed by atoms with van der Waals surface area (Å²) >= 11 is 0. The first-order chi connectivity index (χ1) is 16.0. The molecule has 2 aromatic carbocycles. The van der Waals surface area contributed by atoms with Crippen LogP contribution in [0.1, 0.15) is 24.0 Å². The first kappa shape index (κ1) is 23.1. The predicted octanol–water partition coefficient (Wildman–Crippen LogP) is 2.26. The minimum atomic E-state index is -0.175. The highest BCUT2D eigenvalue weighted by molar-refractivity contribution is 5.84. The summed E-state index contributed by atoms with van der Waals surface area (Å²) in [7, 11) is 3.25. The minimum Gasteiger partial charge on any atom is -0.493 e. The van der Waals surface area contributed by atoms with Gasteiger partial charge in [0.25, 0.3) is 0 Å². The molecule has 176 valence electrons. The standard InChI is InChI=1S/C25H31N3O5/c1-28-15-24(29)27-20-10-11-26-14-23(20)32-16-18-4-3-5-19(12-18)33-21-8-6-17(7-9-25(28)30)13-22(21)31-2/h3-6,8,12-13,20,23,26H,7,9-11,14-16H2,1-2H3,(H,27,29)/t20-,23-/m0/s1. The summed E-state index contributed by atoms with van der Waals surface area (Å²) in [5.41, 5.74) is 1.94. The number of methoxy groups -OCH3 is 1. The second-order valence-electron chi connectivity index (χ2n) is 8.50. The van der Waals surface area contributed by atoms with Crippen molar-refractivity contribution in [2.24, 2.45) is 0 Å². The third-order valence-electron chi connectivity index (χ3n) is 6.03. The van der Waals surface area contributed by atoms with E-state index in [1.165, 1.54) is 4.90 Å². The van der Waals surface area contributed by atoms with Crippen molar-refractivity contribution in [1.82, 2.24) is 15.5 Å². The number of carbonyl (C=O) groups is 2. The number of aryl methyl sites for hydroxylation is 1. The largest absolute Gasteiger partial charge is 0.493 e. The second kappa shape index (κ2) is 10.7. The zero-order chi connectivity index (χ0) is 23.2. The van der Waals surface area contributed by atoms with E-state index in [1.807, 2.05) is 42.5 Å². The van der Waals surface area contributed by atoms with Crippen LogP contribution in [-0.2, 0) is 27.4 Å². The Hall–Kier alpha value is -3.10. The molecule has 2 N–H and O–H groups in total. The summed E-state index contributed by atoms with van der Waals surface area (Å²) in [6, 6.07) is 13.3. The van der Waals surface area contributed by atoms with Crippen molar-refractivity contribution in [1.29, 1.82) is 0 Å². The number of benzene rings is 2. The van der Waals surface area contributed by atoms with Gasteiger partial charge in [0.1, 0.15) is 5.75 Å². The van der Waals surface area contributed by atoms with Crippen molar-refractivity contribution >= 4 is 11.8 Å². The fourth-order valence-electron chi connectivity index (χ4n) is 4.15. The molecule has 33 heavy (non-hydrogen) atoms. The minimum absolute atomic E-state index is 0.0215. The number of nitrogens with zero attached hydrogens (tertiary/aromatic N) is 1. The molecule has 1 saturated heterocycles. The van der Waals surface area contributed by atoms with Crippen LogP contribution in [0, 0.1) is 0 Å². The monoisotopic (exact) mass is 453 g/mol. The lowest BCUT2D eigenvalue weighted by Crippen LogP contribution is -2.55. The molecular weight excluding hydrogens is 422 g/mol. The highest BCUT2D eigenvalue weighted by Gasteiger charge is 2.28.